The SMILES string of the molecule is O=C(NCC(O)c1ccc([N+](=O)[O-])cc1)c1cccc2ccccc12. The minimum absolute atomic E-state index is 0.0138. The number of benzene rings is 3. The van der Waals surface area contributed by atoms with Crippen LogP contribution in [-0.2, 0) is 0 Å². The van der Waals surface area contributed by atoms with Crippen molar-refractivity contribution < 1.29 is 14.8 Å². The zero-order valence-electron chi connectivity index (χ0n) is 13.3. The normalized spacial score (nSPS) is 11.9. The second-order valence-electron chi connectivity index (χ2n) is 5.60. The highest BCUT2D eigenvalue weighted by atomic mass is 16.6. The number of hydrogen-bond donors (Lipinski definition) is 2. The lowest BCUT2D eigenvalue weighted by Crippen LogP contribution is -2.28. The van der Waals surface area contributed by atoms with Gasteiger partial charge in [0, 0.05) is 24.2 Å². The van der Waals surface area contributed by atoms with Gasteiger partial charge in [-0.3, -0.25) is 14.9 Å². The molecule has 0 fully saturated rings. The quantitative estimate of drug-likeness (QED) is 0.553. The van der Waals surface area contributed by atoms with E-state index in [0.717, 1.165) is 10.8 Å². The van der Waals surface area contributed by atoms with Gasteiger partial charge >= 0.3 is 0 Å². The number of amides is 1. The van der Waals surface area contributed by atoms with Gasteiger partial charge in [0.05, 0.1) is 11.0 Å². The van der Waals surface area contributed by atoms with E-state index in [4.69, 9.17) is 0 Å². The van der Waals surface area contributed by atoms with Gasteiger partial charge in [0.15, 0.2) is 0 Å². The van der Waals surface area contributed by atoms with Crippen LogP contribution in [0, 0.1) is 10.1 Å². The van der Waals surface area contributed by atoms with Crippen molar-refractivity contribution in [3.05, 3.63) is 88.0 Å². The lowest BCUT2D eigenvalue weighted by Gasteiger charge is -2.13. The number of aliphatic hydroxyl groups excluding tert-OH is 1. The third-order valence-electron chi connectivity index (χ3n) is 3.98. The first kappa shape index (κ1) is 16.6. The molecule has 0 bridgehead atoms. The molecular formula is C19H16N2O4. The zero-order chi connectivity index (χ0) is 17.8. The first-order valence-electron chi connectivity index (χ1n) is 7.74. The van der Waals surface area contributed by atoms with Crippen LogP contribution in [0.5, 0.6) is 0 Å². The number of aliphatic hydroxyl groups is 1. The number of non-ortho nitro benzene ring substituents is 1. The van der Waals surface area contributed by atoms with E-state index in [0.29, 0.717) is 11.1 Å². The zero-order valence-corrected chi connectivity index (χ0v) is 13.3. The Bertz CT molecular complexity index is 917. The first-order valence-corrected chi connectivity index (χ1v) is 7.74. The Hall–Kier alpha value is -3.25. The predicted octanol–water partition coefficient (Wildman–Crippen LogP) is 3.21. The fourth-order valence-corrected chi connectivity index (χ4v) is 2.64. The summed E-state index contributed by atoms with van der Waals surface area (Å²) in [6, 6.07) is 18.6. The van der Waals surface area contributed by atoms with Crippen LogP contribution in [0.1, 0.15) is 22.0 Å². The van der Waals surface area contributed by atoms with Gasteiger partial charge in [0.25, 0.3) is 11.6 Å². The maximum atomic E-state index is 12.4. The highest BCUT2D eigenvalue weighted by Crippen LogP contribution is 2.20. The molecule has 0 aliphatic heterocycles. The summed E-state index contributed by atoms with van der Waals surface area (Å²) >= 11 is 0. The molecule has 3 rings (SSSR count). The maximum absolute atomic E-state index is 12.4. The van der Waals surface area contributed by atoms with E-state index in [1.54, 1.807) is 6.07 Å². The smallest absolute Gasteiger partial charge is 0.269 e. The molecule has 0 aromatic heterocycles. The molecule has 0 aliphatic carbocycles. The van der Waals surface area contributed by atoms with Crippen molar-refractivity contribution in [2.75, 3.05) is 6.54 Å². The van der Waals surface area contributed by atoms with Gasteiger partial charge in [0.1, 0.15) is 0 Å². The fraction of sp³-hybridized carbons (Fsp3) is 0.105. The molecule has 1 amide bonds. The summed E-state index contributed by atoms with van der Waals surface area (Å²) in [4.78, 5) is 22.6. The van der Waals surface area contributed by atoms with E-state index in [9.17, 15) is 20.0 Å². The van der Waals surface area contributed by atoms with Crippen molar-refractivity contribution in [3.8, 4) is 0 Å². The molecule has 0 aliphatic rings. The monoisotopic (exact) mass is 336 g/mol. The van der Waals surface area contributed by atoms with E-state index < -0.39 is 11.0 Å². The van der Waals surface area contributed by atoms with E-state index in [2.05, 4.69) is 5.32 Å². The highest BCUT2D eigenvalue weighted by Gasteiger charge is 2.14. The highest BCUT2D eigenvalue weighted by molar-refractivity contribution is 6.07. The molecular weight excluding hydrogens is 320 g/mol. The Morgan fingerprint density at radius 2 is 1.72 bits per heavy atom. The van der Waals surface area contributed by atoms with Gasteiger partial charge < -0.3 is 10.4 Å². The maximum Gasteiger partial charge on any atom is 0.269 e. The second-order valence-corrected chi connectivity index (χ2v) is 5.60. The molecule has 0 saturated carbocycles. The Labute approximate surface area is 143 Å². The van der Waals surface area contributed by atoms with Crippen molar-refractivity contribution in [1.29, 1.82) is 0 Å². The Kier molecular flexibility index (Phi) is 4.72. The van der Waals surface area contributed by atoms with Crippen molar-refractivity contribution in [3.63, 3.8) is 0 Å². The molecule has 0 spiro atoms. The van der Waals surface area contributed by atoms with Crippen LogP contribution in [0.25, 0.3) is 10.8 Å². The van der Waals surface area contributed by atoms with E-state index in [1.807, 2.05) is 36.4 Å². The minimum Gasteiger partial charge on any atom is -0.387 e. The van der Waals surface area contributed by atoms with Gasteiger partial charge in [-0.15, -0.1) is 0 Å². The van der Waals surface area contributed by atoms with Gasteiger partial charge in [0.2, 0.25) is 0 Å². The van der Waals surface area contributed by atoms with Gasteiger partial charge in [-0.2, -0.15) is 0 Å². The van der Waals surface area contributed by atoms with Crippen LogP contribution in [0.3, 0.4) is 0 Å². The molecule has 0 radical (unpaired) electrons. The molecule has 0 heterocycles. The molecule has 1 atom stereocenters. The average molecular weight is 336 g/mol. The van der Waals surface area contributed by atoms with Crippen LogP contribution in [-0.4, -0.2) is 22.5 Å². The minimum atomic E-state index is -0.945. The van der Waals surface area contributed by atoms with Gasteiger partial charge in [-0.1, -0.05) is 36.4 Å². The Morgan fingerprint density at radius 3 is 2.44 bits per heavy atom. The van der Waals surface area contributed by atoms with Crippen molar-refractivity contribution in [1.82, 2.24) is 5.32 Å². The largest absolute Gasteiger partial charge is 0.387 e. The number of fused-ring (bicyclic) bond motifs is 1. The summed E-state index contributed by atoms with van der Waals surface area (Å²) in [5, 5.41) is 25.3. The number of hydrogen-bond acceptors (Lipinski definition) is 4. The molecule has 0 saturated heterocycles. The molecule has 126 valence electrons. The summed E-state index contributed by atoms with van der Waals surface area (Å²) in [5.41, 5.74) is 0.994. The number of nitrogens with one attached hydrogen (secondary N) is 1. The number of rotatable bonds is 5. The topological polar surface area (TPSA) is 92.5 Å². The number of carbonyl (C=O) groups is 1. The van der Waals surface area contributed by atoms with Crippen molar-refractivity contribution in [2.45, 2.75) is 6.10 Å². The summed E-state index contributed by atoms with van der Waals surface area (Å²) in [6.45, 7) is 0.0138. The van der Waals surface area contributed by atoms with Gasteiger partial charge in [-0.25, -0.2) is 0 Å². The van der Waals surface area contributed by atoms with Crippen LogP contribution in [0.4, 0.5) is 5.69 Å². The van der Waals surface area contributed by atoms with Crippen LogP contribution >= 0.6 is 0 Å². The third-order valence-corrected chi connectivity index (χ3v) is 3.98. The van der Waals surface area contributed by atoms with Crippen LogP contribution < -0.4 is 5.32 Å². The Balaban J connectivity index is 1.70. The van der Waals surface area contributed by atoms with Crippen LogP contribution in [0.15, 0.2) is 66.7 Å². The first-order chi connectivity index (χ1) is 12.1. The molecule has 6 heteroatoms. The summed E-state index contributed by atoms with van der Waals surface area (Å²) in [6.07, 6.45) is -0.945. The van der Waals surface area contributed by atoms with E-state index in [1.165, 1.54) is 24.3 Å². The molecule has 1 unspecified atom stereocenters. The number of nitro groups is 1. The van der Waals surface area contributed by atoms with Crippen molar-refractivity contribution in [2.24, 2.45) is 0 Å². The second kappa shape index (κ2) is 7.11. The van der Waals surface area contributed by atoms with E-state index in [-0.39, 0.29) is 18.1 Å². The molecule has 25 heavy (non-hydrogen) atoms. The molecule has 6 nitrogen and oxygen atoms in total. The van der Waals surface area contributed by atoms with E-state index >= 15 is 0 Å². The average Bonchev–Trinajstić information content (AvgIpc) is 2.65. The summed E-state index contributed by atoms with van der Waals surface area (Å²) < 4.78 is 0. The predicted molar refractivity (Wildman–Crippen MR) is 94.3 cm³/mol. The van der Waals surface area contributed by atoms with Gasteiger partial charge in [-0.05, 0) is 34.5 Å². The summed E-state index contributed by atoms with van der Waals surface area (Å²) in [7, 11) is 0. The fourth-order valence-electron chi connectivity index (χ4n) is 2.64. The Morgan fingerprint density at radius 1 is 1.04 bits per heavy atom. The number of nitrogens with zero attached hydrogens (tertiary/aromatic N) is 1. The summed E-state index contributed by atoms with van der Waals surface area (Å²) in [5.74, 6) is -0.280. The molecule has 3 aromatic carbocycles. The number of nitro benzene ring substituents is 1. The number of carbonyl (C=O) groups excluding carboxylic acids is 1. The lowest BCUT2D eigenvalue weighted by atomic mass is 10.0. The van der Waals surface area contributed by atoms with Crippen molar-refractivity contribution >= 4 is 22.4 Å². The molecule has 2 N–H and O–H groups in total. The standard InChI is InChI=1S/C19H16N2O4/c22-18(14-8-10-15(11-9-14)21(24)25)12-20-19(23)17-7-3-5-13-4-1-2-6-16(13)17/h1-11,18,22H,12H2,(H,20,23). The molecule has 3 aromatic rings. The van der Waals surface area contributed by atoms with Crippen LogP contribution in [0.2, 0.25) is 0 Å². The third kappa shape index (κ3) is 3.64. The lowest BCUT2D eigenvalue weighted by molar-refractivity contribution is -0.384.